The third kappa shape index (κ3) is 2.72. The first kappa shape index (κ1) is 14.3. The Labute approximate surface area is 117 Å². The molecule has 2 rings (SSSR count). The molecule has 1 aromatic heterocycles. The molecular formula is C11H17ClN2O2S2. The molecule has 0 aromatic carbocycles. The van der Waals surface area contributed by atoms with Crippen molar-refractivity contribution in [2.24, 2.45) is 0 Å². The molecule has 102 valence electrons. The van der Waals surface area contributed by atoms with E-state index in [9.17, 15) is 8.42 Å². The summed E-state index contributed by atoms with van der Waals surface area (Å²) in [6.45, 7) is 2.97. The minimum atomic E-state index is -3.36. The molecule has 0 aliphatic carbocycles. The zero-order valence-corrected chi connectivity index (χ0v) is 12.8. The highest BCUT2D eigenvalue weighted by Crippen LogP contribution is 2.32. The first-order valence-electron chi connectivity index (χ1n) is 5.88. The predicted molar refractivity (Wildman–Crippen MR) is 74.9 cm³/mol. The highest BCUT2D eigenvalue weighted by molar-refractivity contribution is 7.91. The monoisotopic (exact) mass is 308 g/mol. The maximum absolute atomic E-state index is 12.4. The topological polar surface area (TPSA) is 49.4 Å². The molecule has 0 radical (unpaired) electrons. The normalized spacial score (nSPS) is 19.3. The summed E-state index contributed by atoms with van der Waals surface area (Å²) in [4.78, 5) is 0. The summed E-state index contributed by atoms with van der Waals surface area (Å²) < 4.78 is 27.3. The van der Waals surface area contributed by atoms with Gasteiger partial charge in [-0.25, -0.2) is 8.42 Å². The van der Waals surface area contributed by atoms with Gasteiger partial charge < -0.3 is 5.32 Å². The second-order valence-electron chi connectivity index (χ2n) is 4.49. The third-order valence-corrected chi connectivity index (χ3v) is 7.19. The average molecular weight is 309 g/mol. The number of nitrogens with one attached hydrogen (secondary N) is 1. The van der Waals surface area contributed by atoms with Gasteiger partial charge >= 0.3 is 0 Å². The Kier molecular flexibility index (Phi) is 4.33. The van der Waals surface area contributed by atoms with Crippen LogP contribution in [-0.4, -0.2) is 38.9 Å². The number of halogens is 1. The van der Waals surface area contributed by atoms with Crippen molar-refractivity contribution in [2.45, 2.75) is 30.0 Å². The number of aryl methyl sites for hydroxylation is 1. The lowest BCUT2D eigenvalue weighted by molar-refractivity contribution is 0.299. The molecule has 0 saturated carbocycles. The lowest BCUT2D eigenvalue weighted by Crippen LogP contribution is -2.43. The van der Waals surface area contributed by atoms with Crippen molar-refractivity contribution in [3.63, 3.8) is 0 Å². The van der Waals surface area contributed by atoms with Crippen LogP contribution in [0.4, 0.5) is 0 Å². The standard InChI is InChI=1S/C11H17ClN2O2S2/c1-8-7-10(17-11(8)12)18(15,16)14-5-3-9(13-2)4-6-14/h7,9,13H,3-6H2,1-2H3. The molecule has 1 aliphatic rings. The number of piperidine rings is 1. The molecule has 1 N–H and O–H groups in total. The zero-order chi connectivity index (χ0) is 13.3. The Hall–Kier alpha value is -0.140. The third-order valence-electron chi connectivity index (χ3n) is 3.29. The van der Waals surface area contributed by atoms with Gasteiger partial charge in [0.05, 0.1) is 4.34 Å². The van der Waals surface area contributed by atoms with Gasteiger partial charge in [0.25, 0.3) is 10.0 Å². The highest BCUT2D eigenvalue weighted by Gasteiger charge is 2.30. The van der Waals surface area contributed by atoms with Crippen LogP contribution in [0.5, 0.6) is 0 Å². The van der Waals surface area contributed by atoms with E-state index in [1.54, 1.807) is 10.4 Å². The largest absolute Gasteiger partial charge is 0.317 e. The predicted octanol–water partition coefficient (Wildman–Crippen LogP) is 2.08. The maximum atomic E-state index is 12.4. The van der Waals surface area contributed by atoms with Crippen LogP contribution in [0.25, 0.3) is 0 Å². The number of rotatable bonds is 3. The Bertz CT molecular complexity index is 500. The van der Waals surface area contributed by atoms with E-state index < -0.39 is 10.0 Å². The van der Waals surface area contributed by atoms with E-state index >= 15 is 0 Å². The van der Waals surface area contributed by atoms with Gasteiger partial charge in [-0.05, 0) is 38.4 Å². The molecule has 0 amide bonds. The van der Waals surface area contributed by atoms with E-state index in [1.165, 1.54) is 0 Å². The molecular weight excluding hydrogens is 292 g/mol. The van der Waals surface area contributed by atoms with E-state index in [2.05, 4.69) is 5.32 Å². The summed E-state index contributed by atoms with van der Waals surface area (Å²) in [5.41, 5.74) is 0.824. The fourth-order valence-corrected chi connectivity index (χ4v) is 5.40. The molecule has 7 heteroatoms. The van der Waals surface area contributed by atoms with Gasteiger partial charge in [-0.2, -0.15) is 4.31 Å². The first-order valence-corrected chi connectivity index (χ1v) is 8.52. The Balaban J connectivity index is 2.17. The van der Waals surface area contributed by atoms with Crippen molar-refractivity contribution in [2.75, 3.05) is 20.1 Å². The van der Waals surface area contributed by atoms with Crippen LogP contribution in [0.3, 0.4) is 0 Å². The van der Waals surface area contributed by atoms with E-state index in [1.807, 2.05) is 14.0 Å². The molecule has 1 saturated heterocycles. The second-order valence-corrected chi connectivity index (χ2v) is 8.31. The summed E-state index contributed by atoms with van der Waals surface area (Å²) in [6.07, 6.45) is 1.71. The van der Waals surface area contributed by atoms with Crippen LogP contribution in [0, 0.1) is 6.92 Å². The minimum Gasteiger partial charge on any atom is -0.317 e. The number of nitrogens with zero attached hydrogens (tertiary/aromatic N) is 1. The van der Waals surface area contributed by atoms with Gasteiger partial charge in [0, 0.05) is 19.1 Å². The first-order chi connectivity index (χ1) is 8.45. The van der Waals surface area contributed by atoms with Gasteiger partial charge in [0.2, 0.25) is 0 Å². The van der Waals surface area contributed by atoms with E-state index in [0.717, 1.165) is 29.7 Å². The van der Waals surface area contributed by atoms with Crippen LogP contribution in [0.15, 0.2) is 10.3 Å². The van der Waals surface area contributed by atoms with E-state index in [4.69, 9.17) is 11.6 Å². The molecule has 1 aromatic rings. The molecule has 2 heterocycles. The zero-order valence-electron chi connectivity index (χ0n) is 10.4. The van der Waals surface area contributed by atoms with E-state index in [0.29, 0.717) is 27.7 Å². The fourth-order valence-electron chi connectivity index (χ4n) is 2.07. The van der Waals surface area contributed by atoms with Crippen LogP contribution in [0.1, 0.15) is 18.4 Å². The van der Waals surface area contributed by atoms with Crippen LogP contribution in [0.2, 0.25) is 4.34 Å². The second kappa shape index (κ2) is 5.46. The molecule has 1 aliphatic heterocycles. The average Bonchev–Trinajstić information content (AvgIpc) is 2.70. The van der Waals surface area contributed by atoms with Gasteiger partial charge in [-0.1, -0.05) is 11.6 Å². The lowest BCUT2D eigenvalue weighted by atomic mass is 10.1. The molecule has 0 atom stereocenters. The smallest absolute Gasteiger partial charge is 0.252 e. The van der Waals surface area contributed by atoms with Crippen molar-refractivity contribution >= 4 is 33.0 Å². The molecule has 18 heavy (non-hydrogen) atoms. The lowest BCUT2D eigenvalue weighted by Gasteiger charge is -2.30. The summed E-state index contributed by atoms with van der Waals surface area (Å²) >= 11 is 7.09. The van der Waals surface area contributed by atoms with E-state index in [-0.39, 0.29) is 0 Å². The molecule has 0 bridgehead atoms. The highest BCUT2D eigenvalue weighted by atomic mass is 35.5. The minimum absolute atomic E-state index is 0.355. The summed E-state index contributed by atoms with van der Waals surface area (Å²) in [5, 5.41) is 3.19. The van der Waals surface area contributed by atoms with Crippen molar-refractivity contribution in [3.05, 3.63) is 16.0 Å². The molecule has 4 nitrogen and oxygen atoms in total. The summed E-state index contributed by atoms with van der Waals surface area (Å²) in [7, 11) is -1.44. The van der Waals surface area contributed by atoms with Crippen LogP contribution < -0.4 is 5.32 Å². The molecule has 0 unspecified atom stereocenters. The Morgan fingerprint density at radius 3 is 2.50 bits per heavy atom. The summed E-state index contributed by atoms with van der Waals surface area (Å²) in [5.74, 6) is 0. The summed E-state index contributed by atoms with van der Waals surface area (Å²) in [6, 6.07) is 2.08. The van der Waals surface area contributed by atoms with Crippen molar-refractivity contribution in [1.29, 1.82) is 0 Å². The van der Waals surface area contributed by atoms with Crippen molar-refractivity contribution < 1.29 is 8.42 Å². The number of hydrogen-bond acceptors (Lipinski definition) is 4. The SMILES string of the molecule is CNC1CCN(S(=O)(=O)c2cc(C)c(Cl)s2)CC1. The Morgan fingerprint density at radius 2 is 2.06 bits per heavy atom. The number of thiophene rings is 1. The van der Waals surface area contributed by atoms with Crippen LogP contribution in [-0.2, 0) is 10.0 Å². The number of hydrogen-bond donors (Lipinski definition) is 1. The van der Waals surface area contributed by atoms with Gasteiger partial charge in [-0.3, -0.25) is 0 Å². The quantitative estimate of drug-likeness (QED) is 0.930. The number of sulfonamides is 1. The van der Waals surface area contributed by atoms with Crippen molar-refractivity contribution in [1.82, 2.24) is 9.62 Å². The van der Waals surface area contributed by atoms with Crippen LogP contribution >= 0.6 is 22.9 Å². The molecule has 0 spiro atoms. The fraction of sp³-hybridized carbons (Fsp3) is 0.636. The van der Waals surface area contributed by atoms with Crippen molar-refractivity contribution in [3.8, 4) is 0 Å². The van der Waals surface area contributed by atoms with Gasteiger partial charge in [0.15, 0.2) is 0 Å². The maximum Gasteiger partial charge on any atom is 0.252 e. The molecule has 1 fully saturated rings. The van der Waals surface area contributed by atoms with Gasteiger partial charge in [-0.15, -0.1) is 11.3 Å². The Morgan fingerprint density at radius 1 is 1.44 bits per heavy atom. The van der Waals surface area contributed by atoms with Gasteiger partial charge in [0.1, 0.15) is 4.21 Å².